The predicted octanol–water partition coefficient (Wildman–Crippen LogP) is -0.0617. The molecule has 1 aliphatic rings. The Labute approximate surface area is 146 Å². The van der Waals surface area contributed by atoms with Gasteiger partial charge in [0.15, 0.2) is 6.61 Å². The molecule has 0 spiro atoms. The number of ether oxygens (including phenoxy) is 1. The van der Waals surface area contributed by atoms with Crippen molar-refractivity contribution in [2.45, 2.75) is 6.92 Å². The molecule has 2 N–H and O–H groups in total. The Balaban J connectivity index is 1.86. The van der Waals surface area contributed by atoms with Crippen molar-refractivity contribution in [3.8, 4) is 0 Å². The first-order valence-electron chi connectivity index (χ1n) is 8.17. The summed E-state index contributed by atoms with van der Waals surface area (Å²) >= 11 is 0. The second-order valence-corrected chi connectivity index (χ2v) is 5.66. The number of hydrogen-bond acceptors (Lipinski definition) is 6. The quantitative estimate of drug-likeness (QED) is 0.698. The van der Waals surface area contributed by atoms with E-state index < -0.39 is 5.97 Å². The van der Waals surface area contributed by atoms with Crippen molar-refractivity contribution in [3.05, 3.63) is 29.8 Å². The van der Waals surface area contributed by atoms with Crippen LogP contribution in [-0.2, 0) is 14.3 Å². The molecule has 0 saturated carbocycles. The van der Waals surface area contributed by atoms with Gasteiger partial charge in [0.1, 0.15) is 0 Å². The van der Waals surface area contributed by atoms with Gasteiger partial charge in [0.2, 0.25) is 5.91 Å². The van der Waals surface area contributed by atoms with Gasteiger partial charge in [-0.25, -0.2) is 4.79 Å². The first-order chi connectivity index (χ1) is 12.0. The number of piperazine rings is 1. The number of rotatable bonds is 6. The van der Waals surface area contributed by atoms with Gasteiger partial charge in [-0.1, -0.05) is 12.1 Å². The van der Waals surface area contributed by atoms with Gasteiger partial charge in [-0.05, 0) is 12.1 Å². The summed E-state index contributed by atoms with van der Waals surface area (Å²) in [5.74, 6) is -0.889. The Morgan fingerprint density at radius 3 is 2.40 bits per heavy atom. The van der Waals surface area contributed by atoms with E-state index in [9.17, 15) is 14.4 Å². The maximum atomic E-state index is 12.2. The predicted molar refractivity (Wildman–Crippen MR) is 91.1 cm³/mol. The van der Waals surface area contributed by atoms with Crippen LogP contribution in [0.4, 0.5) is 5.69 Å². The first-order valence-corrected chi connectivity index (χ1v) is 8.17. The minimum atomic E-state index is -0.600. The molecule has 0 bridgehead atoms. The molecule has 25 heavy (non-hydrogen) atoms. The monoisotopic (exact) mass is 349 g/mol. The lowest BCUT2D eigenvalue weighted by Gasteiger charge is -2.34. The SMILES string of the molecule is CC(=O)N1CCN(C(=O)COC(=O)c2ccccc2NCCO)CC1. The molecule has 0 unspecified atom stereocenters. The van der Waals surface area contributed by atoms with E-state index in [2.05, 4.69) is 5.32 Å². The third-order valence-electron chi connectivity index (χ3n) is 3.98. The van der Waals surface area contributed by atoms with Crippen LogP contribution in [0.3, 0.4) is 0 Å². The minimum absolute atomic E-state index is 0.00878. The molecule has 1 heterocycles. The van der Waals surface area contributed by atoms with E-state index >= 15 is 0 Å². The fourth-order valence-electron chi connectivity index (χ4n) is 2.57. The zero-order valence-electron chi connectivity index (χ0n) is 14.2. The maximum Gasteiger partial charge on any atom is 0.340 e. The first kappa shape index (κ1) is 18.7. The van der Waals surface area contributed by atoms with Gasteiger partial charge in [-0.3, -0.25) is 9.59 Å². The molecule has 1 aromatic rings. The van der Waals surface area contributed by atoms with Crippen molar-refractivity contribution >= 4 is 23.5 Å². The highest BCUT2D eigenvalue weighted by atomic mass is 16.5. The lowest BCUT2D eigenvalue weighted by atomic mass is 10.2. The highest BCUT2D eigenvalue weighted by Gasteiger charge is 2.23. The molecule has 2 amide bonds. The third-order valence-corrected chi connectivity index (χ3v) is 3.98. The number of anilines is 1. The molecule has 0 aromatic heterocycles. The number of hydrogen-bond donors (Lipinski definition) is 2. The van der Waals surface area contributed by atoms with E-state index in [0.717, 1.165) is 0 Å². The van der Waals surface area contributed by atoms with Crippen molar-refractivity contribution < 1.29 is 24.2 Å². The zero-order valence-corrected chi connectivity index (χ0v) is 14.2. The van der Waals surface area contributed by atoms with E-state index in [4.69, 9.17) is 9.84 Å². The smallest absolute Gasteiger partial charge is 0.340 e. The van der Waals surface area contributed by atoms with Crippen LogP contribution >= 0.6 is 0 Å². The van der Waals surface area contributed by atoms with E-state index in [1.807, 2.05) is 0 Å². The van der Waals surface area contributed by atoms with Crippen LogP contribution < -0.4 is 5.32 Å². The molecule has 8 heteroatoms. The Morgan fingerprint density at radius 2 is 1.76 bits per heavy atom. The summed E-state index contributed by atoms with van der Waals surface area (Å²) in [7, 11) is 0. The zero-order chi connectivity index (χ0) is 18.2. The minimum Gasteiger partial charge on any atom is -0.452 e. The standard InChI is InChI=1S/C17H23N3O5/c1-13(22)19-7-9-20(10-8-19)16(23)12-25-17(24)14-4-2-3-5-15(14)18-6-11-21/h2-5,18,21H,6-12H2,1H3. The van der Waals surface area contributed by atoms with Gasteiger partial charge < -0.3 is 25.0 Å². The van der Waals surface area contributed by atoms with Crippen LogP contribution in [0.25, 0.3) is 0 Å². The Morgan fingerprint density at radius 1 is 1.12 bits per heavy atom. The number of para-hydroxylation sites is 1. The number of carbonyl (C=O) groups excluding carboxylic acids is 3. The molecule has 1 fully saturated rings. The van der Waals surface area contributed by atoms with Crippen LogP contribution in [0, 0.1) is 0 Å². The van der Waals surface area contributed by atoms with Crippen LogP contribution in [0.1, 0.15) is 17.3 Å². The third kappa shape index (κ3) is 5.18. The number of carbonyl (C=O) groups is 3. The van der Waals surface area contributed by atoms with Gasteiger partial charge >= 0.3 is 5.97 Å². The van der Waals surface area contributed by atoms with Gasteiger partial charge in [0.05, 0.1) is 12.2 Å². The number of nitrogens with one attached hydrogen (secondary N) is 1. The summed E-state index contributed by atoms with van der Waals surface area (Å²) in [4.78, 5) is 38.9. The molecular formula is C17H23N3O5. The molecule has 1 saturated heterocycles. The molecule has 0 aliphatic carbocycles. The fraction of sp³-hybridized carbons (Fsp3) is 0.471. The summed E-state index contributed by atoms with van der Waals surface area (Å²) in [5.41, 5.74) is 0.856. The van der Waals surface area contributed by atoms with E-state index in [-0.39, 0.29) is 25.0 Å². The van der Waals surface area contributed by atoms with Gasteiger partial charge in [-0.2, -0.15) is 0 Å². The van der Waals surface area contributed by atoms with Crippen LogP contribution in [-0.4, -0.2) is 78.6 Å². The maximum absolute atomic E-state index is 12.2. The van der Waals surface area contributed by atoms with E-state index in [1.165, 1.54) is 6.92 Å². The van der Waals surface area contributed by atoms with Crippen LogP contribution in [0.5, 0.6) is 0 Å². The highest BCUT2D eigenvalue weighted by Crippen LogP contribution is 2.16. The van der Waals surface area contributed by atoms with Crippen molar-refractivity contribution in [3.63, 3.8) is 0 Å². The summed E-state index contributed by atoms with van der Waals surface area (Å²) in [6.07, 6.45) is 0. The summed E-state index contributed by atoms with van der Waals surface area (Å²) < 4.78 is 5.12. The molecule has 8 nitrogen and oxygen atoms in total. The Hall–Kier alpha value is -2.61. The fourth-order valence-corrected chi connectivity index (χ4v) is 2.57. The molecule has 1 aliphatic heterocycles. The number of amides is 2. The van der Waals surface area contributed by atoms with Crippen LogP contribution in [0.15, 0.2) is 24.3 Å². The number of aliphatic hydroxyl groups is 1. The topological polar surface area (TPSA) is 99.2 Å². The van der Waals surface area contributed by atoms with Gasteiger partial charge in [0, 0.05) is 45.3 Å². The average Bonchev–Trinajstić information content (AvgIpc) is 2.64. The summed E-state index contributed by atoms with van der Waals surface area (Å²) in [5, 5.41) is 11.8. The van der Waals surface area contributed by atoms with Gasteiger partial charge in [-0.15, -0.1) is 0 Å². The second kappa shape index (κ2) is 9.03. The lowest BCUT2D eigenvalue weighted by Crippen LogP contribution is -2.51. The molecule has 0 radical (unpaired) electrons. The normalized spacial score (nSPS) is 14.2. The number of esters is 1. The molecule has 0 atom stereocenters. The molecular weight excluding hydrogens is 326 g/mol. The largest absolute Gasteiger partial charge is 0.452 e. The average molecular weight is 349 g/mol. The second-order valence-electron chi connectivity index (χ2n) is 5.66. The van der Waals surface area contributed by atoms with Crippen LogP contribution in [0.2, 0.25) is 0 Å². The summed E-state index contributed by atoms with van der Waals surface area (Å²) in [6, 6.07) is 6.76. The van der Waals surface area contributed by atoms with Crippen molar-refractivity contribution in [2.24, 2.45) is 0 Å². The Kier molecular flexibility index (Phi) is 6.76. The lowest BCUT2D eigenvalue weighted by molar-refractivity contribution is -0.140. The van der Waals surface area contributed by atoms with Gasteiger partial charge in [0.25, 0.3) is 5.91 Å². The highest BCUT2D eigenvalue weighted by molar-refractivity contribution is 5.96. The molecule has 136 valence electrons. The molecule has 2 rings (SSSR count). The molecule has 1 aromatic carbocycles. The number of nitrogens with zero attached hydrogens (tertiary/aromatic N) is 2. The van der Waals surface area contributed by atoms with Crippen molar-refractivity contribution in [1.82, 2.24) is 9.80 Å². The van der Waals surface area contributed by atoms with E-state index in [1.54, 1.807) is 34.1 Å². The van der Waals surface area contributed by atoms with E-state index in [0.29, 0.717) is 44.0 Å². The summed E-state index contributed by atoms with van der Waals surface area (Å²) in [6.45, 7) is 3.26. The van der Waals surface area contributed by atoms with Crippen molar-refractivity contribution in [2.75, 3.05) is 51.3 Å². The number of aliphatic hydroxyl groups excluding tert-OH is 1. The number of benzene rings is 1. The Bertz CT molecular complexity index is 626. The van der Waals surface area contributed by atoms with Crippen molar-refractivity contribution in [1.29, 1.82) is 0 Å².